The van der Waals surface area contributed by atoms with Crippen molar-refractivity contribution in [1.29, 1.82) is 5.26 Å². The number of halogens is 1. The minimum absolute atomic E-state index is 0.376. The third kappa shape index (κ3) is 3.64. The Balaban J connectivity index is 1.74. The first kappa shape index (κ1) is 17.4. The topological polar surface area (TPSA) is 64.4 Å². The van der Waals surface area contributed by atoms with Crippen LogP contribution in [0.15, 0.2) is 44.4 Å². The van der Waals surface area contributed by atoms with Crippen LogP contribution < -0.4 is 4.90 Å². The normalized spacial score (nSPS) is 16.6. The van der Waals surface area contributed by atoms with Gasteiger partial charge in [0.2, 0.25) is 0 Å². The fraction of sp³-hybridized carbons (Fsp3) is 0.312. The molecule has 1 aliphatic rings. The molecule has 126 valence electrons. The van der Waals surface area contributed by atoms with E-state index in [0.29, 0.717) is 29.4 Å². The number of thiophene rings is 1. The van der Waals surface area contributed by atoms with Gasteiger partial charge in [-0.1, -0.05) is 0 Å². The largest absolute Gasteiger partial charge is 0.370 e. The van der Waals surface area contributed by atoms with Crippen LogP contribution >= 0.6 is 27.3 Å². The molecule has 2 heterocycles. The van der Waals surface area contributed by atoms with Gasteiger partial charge in [-0.2, -0.15) is 9.57 Å². The average molecular weight is 426 g/mol. The summed E-state index contributed by atoms with van der Waals surface area (Å²) in [6.45, 7) is 2.41. The maximum absolute atomic E-state index is 12.7. The second-order valence-electron chi connectivity index (χ2n) is 5.46. The standard InChI is InChI=1S/C16H16BrN3O2S2/c17-15-6-7-16(23-15)24(21,22)20-9-1-8-19(10-11-20)14-4-2-13(12-18)3-5-14/h2-7H,1,8-11H2. The van der Waals surface area contributed by atoms with Crippen molar-refractivity contribution in [2.45, 2.75) is 10.6 Å². The molecule has 0 radical (unpaired) electrons. The molecule has 1 aromatic carbocycles. The summed E-state index contributed by atoms with van der Waals surface area (Å²) in [5, 5.41) is 8.88. The molecule has 0 aliphatic carbocycles. The van der Waals surface area contributed by atoms with Gasteiger partial charge in [-0.05, 0) is 58.7 Å². The lowest BCUT2D eigenvalue weighted by Gasteiger charge is -2.23. The maximum atomic E-state index is 12.7. The Hall–Kier alpha value is -1.40. The van der Waals surface area contributed by atoms with E-state index in [1.807, 2.05) is 12.1 Å². The fourth-order valence-corrected chi connectivity index (χ4v) is 6.34. The molecule has 8 heteroatoms. The maximum Gasteiger partial charge on any atom is 0.252 e. The zero-order valence-electron chi connectivity index (χ0n) is 12.9. The Kier molecular flexibility index (Phi) is 5.25. The Morgan fingerprint density at radius 1 is 1.04 bits per heavy atom. The highest BCUT2D eigenvalue weighted by molar-refractivity contribution is 9.11. The van der Waals surface area contributed by atoms with Crippen molar-refractivity contribution < 1.29 is 8.42 Å². The van der Waals surface area contributed by atoms with Gasteiger partial charge in [0.05, 0.1) is 15.4 Å². The molecule has 1 aliphatic heterocycles. The van der Waals surface area contributed by atoms with E-state index in [0.717, 1.165) is 22.4 Å². The molecule has 0 unspecified atom stereocenters. The molecular weight excluding hydrogens is 410 g/mol. The number of benzene rings is 1. The van der Waals surface area contributed by atoms with Crippen molar-refractivity contribution >= 4 is 43.0 Å². The Morgan fingerprint density at radius 3 is 2.42 bits per heavy atom. The van der Waals surface area contributed by atoms with Gasteiger partial charge >= 0.3 is 0 Å². The zero-order valence-corrected chi connectivity index (χ0v) is 16.1. The third-order valence-electron chi connectivity index (χ3n) is 3.96. The number of rotatable bonds is 3. The number of nitriles is 1. The molecule has 0 amide bonds. The first-order valence-electron chi connectivity index (χ1n) is 7.51. The molecule has 1 fully saturated rings. The van der Waals surface area contributed by atoms with Crippen LogP contribution in [0, 0.1) is 11.3 Å². The lowest BCUT2D eigenvalue weighted by atomic mass is 10.2. The number of anilines is 1. The molecule has 0 atom stereocenters. The molecule has 0 bridgehead atoms. The van der Waals surface area contributed by atoms with Crippen LogP contribution in [0.2, 0.25) is 0 Å². The molecule has 24 heavy (non-hydrogen) atoms. The van der Waals surface area contributed by atoms with Crippen LogP contribution in [-0.2, 0) is 10.0 Å². The smallest absolute Gasteiger partial charge is 0.252 e. The molecular formula is C16H16BrN3O2S2. The highest BCUT2D eigenvalue weighted by atomic mass is 79.9. The van der Waals surface area contributed by atoms with E-state index < -0.39 is 10.0 Å². The van der Waals surface area contributed by atoms with E-state index >= 15 is 0 Å². The number of hydrogen-bond acceptors (Lipinski definition) is 5. The van der Waals surface area contributed by atoms with Crippen LogP contribution in [0.4, 0.5) is 5.69 Å². The van der Waals surface area contributed by atoms with Crippen molar-refractivity contribution in [1.82, 2.24) is 4.31 Å². The predicted octanol–water partition coefficient (Wildman–Crippen LogP) is 3.28. The van der Waals surface area contributed by atoms with E-state index in [4.69, 9.17) is 5.26 Å². The van der Waals surface area contributed by atoms with Crippen molar-refractivity contribution in [3.8, 4) is 6.07 Å². The summed E-state index contributed by atoms with van der Waals surface area (Å²) in [6, 6.07) is 12.9. The van der Waals surface area contributed by atoms with Crippen molar-refractivity contribution in [2.24, 2.45) is 0 Å². The van der Waals surface area contributed by atoms with Gasteiger partial charge in [-0.3, -0.25) is 0 Å². The van der Waals surface area contributed by atoms with Crippen LogP contribution in [0.5, 0.6) is 0 Å². The summed E-state index contributed by atoms with van der Waals surface area (Å²) < 4.78 is 28.2. The molecule has 3 rings (SSSR count). The molecule has 1 saturated heterocycles. The van der Waals surface area contributed by atoms with Gasteiger partial charge in [0.15, 0.2) is 0 Å². The van der Waals surface area contributed by atoms with E-state index in [-0.39, 0.29) is 0 Å². The summed E-state index contributed by atoms with van der Waals surface area (Å²) in [4.78, 5) is 2.17. The average Bonchev–Trinajstić information content (AvgIpc) is 2.88. The number of sulfonamides is 1. The van der Waals surface area contributed by atoms with Crippen molar-refractivity contribution in [2.75, 3.05) is 31.1 Å². The van der Waals surface area contributed by atoms with Crippen LogP contribution in [0.3, 0.4) is 0 Å². The SMILES string of the molecule is N#Cc1ccc(N2CCCN(S(=O)(=O)c3ccc(Br)s3)CC2)cc1. The zero-order chi connectivity index (χ0) is 17.2. The fourth-order valence-electron chi connectivity index (χ4n) is 2.70. The second-order valence-corrected chi connectivity index (χ2v) is 10.1. The summed E-state index contributed by atoms with van der Waals surface area (Å²) in [5.74, 6) is 0. The van der Waals surface area contributed by atoms with Crippen LogP contribution in [0.1, 0.15) is 12.0 Å². The van der Waals surface area contributed by atoms with Gasteiger partial charge in [0, 0.05) is 31.9 Å². The summed E-state index contributed by atoms with van der Waals surface area (Å²) in [7, 11) is -3.43. The quantitative estimate of drug-likeness (QED) is 0.756. The molecule has 0 N–H and O–H groups in total. The lowest BCUT2D eigenvalue weighted by molar-refractivity contribution is 0.434. The highest BCUT2D eigenvalue weighted by Gasteiger charge is 2.28. The number of hydrogen-bond donors (Lipinski definition) is 0. The van der Waals surface area contributed by atoms with Gasteiger partial charge in [0.25, 0.3) is 10.0 Å². The Bertz CT molecular complexity index is 856. The van der Waals surface area contributed by atoms with E-state index in [1.165, 1.54) is 11.3 Å². The Labute approximate surface area is 154 Å². The lowest BCUT2D eigenvalue weighted by Crippen LogP contribution is -2.34. The first-order chi connectivity index (χ1) is 11.5. The summed E-state index contributed by atoms with van der Waals surface area (Å²) >= 11 is 4.56. The van der Waals surface area contributed by atoms with Gasteiger partial charge in [-0.15, -0.1) is 11.3 Å². The molecule has 0 saturated carbocycles. The van der Waals surface area contributed by atoms with Crippen LogP contribution in [0.25, 0.3) is 0 Å². The monoisotopic (exact) mass is 425 g/mol. The van der Waals surface area contributed by atoms with E-state index in [9.17, 15) is 8.42 Å². The molecule has 1 aromatic heterocycles. The second kappa shape index (κ2) is 7.23. The predicted molar refractivity (Wildman–Crippen MR) is 98.8 cm³/mol. The third-order valence-corrected chi connectivity index (χ3v) is 7.95. The number of nitrogens with zero attached hydrogens (tertiary/aromatic N) is 3. The Morgan fingerprint density at radius 2 is 1.79 bits per heavy atom. The van der Waals surface area contributed by atoms with Crippen LogP contribution in [-0.4, -0.2) is 38.9 Å². The minimum atomic E-state index is -3.43. The molecule has 5 nitrogen and oxygen atoms in total. The van der Waals surface area contributed by atoms with E-state index in [2.05, 4.69) is 26.9 Å². The van der Waals surface area contributed by atoms with Gasteiger partial charge < -0.3 is 4.90 Å². The molecule has 0 spiro atoms. The van der Waals surface area contributed by atoms with Crippen molar-refractivity contribution in [3.05, 3.63) is 45.7 Å². The first-order valence-corrected chi connectivity index (χ1v) is 10.6. The van der Waals surface area contributed by atoms with Crippen molar-refractivity contribution in [3.63, 3.8) is 0 Å². The van der Waals surface area contributed by atoms with Gasteiger partial charge in [-0.25, -0.2) is 8.42 Å². The molecule has 2 aromatic rings. The van der Waals surface area contributed by atoms with Gasteiger partial charge in [0.1, 0.15) is 4.21 Å². The minimum Gasteiger partial charge on any atom is -0.370 e. The summed E-state index contributed by atoms with van der Waals surface area (Å²) in [5.41, 5.74) is 1.65. The summed E-state index contributed by atoms with van der Waals surface area (Å²) in [6.07, 6.45) is 0.770. The highest BCUT2D eigenvalue weighted by Crippen LogP contribution is 2.29. The van der Waals surface area contributed by atoms with E-state index in [1.54, 1.807) is 28.6 Å².